The molecule has 3 fully saturated rings. The summed E-state index contributed by atoms with van der Waals surface area (Å²) in [6.07, 6.45) is 6.22. The number of rotatable bonds is 5. The average Bonchev–Trinajstić information content (AvgIpc) is 3.43. The predicted molar refractivity (Wildman–Crippen MR) is 164 cm³/mol. The standard InChI is InChI=1S/C37H42O7/c1-19(2)29-31(40)27(20(3)38)33(42)37(44)34(43)30-32(41)28-25(17-35(30,4)18-36(29,37)5)24(13-14-26(28)39)23-12-8-11-22(16-23)15-21-9-6-7-10-21/h8,11-14,16,19,21,27,29-30,39,44H,6-7,9-10,15,17-18H2,1-5H3/t27?,29?,30?,35-,36-,37+/m1/s1. The van der Waals surface area contributed by atoms with Crippen LogP contribution < -0.4 is 0 Å². The van der Waals surface area contributed by atoms with Gasteiger partial charge in [-0.25, -0.2) is 0 Å². The highest BCUT2D eigenvalue weighted by Gasteiger charge is 2.76. The number of hydrogen-bond acceptors (Lipinski definition) is 7. The van der Waals surface area contributed by atoms with Crippen LogP contribution in [0.2, 0.25) is 0 Å². The van der Waals surface area contributed by atoms with Crippen molar-refractivity contribution in [2.75, 3.05) is 0 Å². The number of benzene rings is 2. The summed E-state index contributed by atoms with van der Waals surface area (Å²) >= 11 is 0. The van der Waals surface area contributed by atoms with Crippen molar-refractivity contribution in [3.8, 4) is 16.9 Å². The number of aliphatic hydroxyl groups is 1. The number of fused-ring (bicyclic) bond motifs is 3. The first-order valence-electron chi connectivity index (χ1n) is 16.0. The lowest BCUT2D eigenvalue weighted by Gasteiger charge is -2.61. The van der Waals surface area contributed by atoms with E-state index in [0.717, 1.165) is 24.5 Å². The molecule has 0 bridgehead atoms. The van der Waals surface area contributed by atoms with Crippen LogP contribution >= 0.6 is 0 Å². The molecule has 3 unspecified atom stereocenters. The fourth-order valence-electron chi connectivity index (χ4n) is 9.82. The van der Waals surface area contributed by atoms with Gasteiger partial charge in [0.15, 0.2) is 28.7 Å². The Balaban J connectivity index is 1.49. The minimum Gasteiger partial charge on any atom is -0.507 e. The molecule has 232 valence electrons. The maximum Gasteiger partial charge on any atom is 0.190 e. The maximum absolute atomic E-state index is 14.5. The van der Waals surface area contributed by atoms with Crippen molar-refractivity contribution in [2.45, 2.75) is 85.2 Å². The van der Waals surface area contributed by atoms with E-state index in [1.807, 2.05) is 25.1 Å². The van der Waals surface area contributed by atoms with Crippen LogP contribution in [-0.4, -0.2) is 44.7 Å². The quantitative estimate of drug-likeness (QED) is 0.436. The third kappa shape index (κ3) is 4.14. The van der Waals surface area contributed by atoms with Crippen LogP contribution in [0.15, 0.2) is 36.4 Å². The van der Waals surface area contributed by atoms with Crippen LogP contribution in [0.1, 0.15) is 88.2 Å². The number of carbonyl (C=O) groups is 5. The Morgan fingerprint density at radius 3 is 2.32 bits per heavy atom. The maximum atomic E-state index is 14.5. The van der Waals surface area contributed by atoms with Crippen molar-refractivity contribution in [1.29, 1.82) is 0 Å². The van der Waals surface area contributed by atoms with Gasteiger partial charge in [-0.05, 0) is 71.8 Å². The van der Waals surface area contributed by atoms with E-state index < -0.39 is 63.1 Å². The van der Waals surface area contributed by atoms with E-state index in [2.05, 4.69) is 12.1 Å². The molecule has 4 aliphatic carbocycles. The highest BCUT2D eigenvalue weighted by atomic mass is 16.3. The van der Waals surface area contributed by atoms with Gasteiger partial charge in [-0.2, -0.15) is 0 Å². The lowest BCUT2D eigenvalue weighted by atomic mass is 9.40. The predicted octanol–water partition coefficient (Wildman–Crippen LogP) is 5.49. The zero-order valence-electron chi connectivity index (χ0n) is 26.2. The van der Waals surface area contributed by atoms with E-state index in [-0.39, 0.29) is 30.1 Å². The summed E-state index contributed by atoms with van der Waals surface area (Å²) in [5.41, 5.74) is -1.67. The molecular formula is C37H42O7. The first kappa shape index (κ1) is 30.6. The van der Waals surface area contributed by atoms with Crippen LogP contribution in [-0.2, 0) is 32.0 Å². The molecule has 2 aromatic rings. The van der Waals surface area contributed by atoms with Crippen molar-refractivity contribution in [2.24, 2.45) is 40.4 Å². The summed E-state index contributed by atoms with van der Waals surface area (Å²) in [7, 11) is 0. The van der Waals surface area contributed by atoms with E-state index in [9.17, 15) is 34.2 Å². The molecule has 2 aromatic carbocycles. The molecule has 0 heterocycles. The van der Waals surface area contributed by atoms with Gasteiger partial charge < -0.3 is 10.2 Å². The van der Waals surface area contributed by atoms with Crippen molar-refractivity contribution in [1.82, 2.24) is 0 Å². The van der Waals surface area contributed by atoms with Crippen LogP contribution in [0.3, 0.4) is 0 Å². The third-order valence-corrected chi connectivity index (χ3v) is 11.5. The van der Waals surface area contributed by atoms with Gasteiger partial charge >= 0.3 is 0 Å². The molecule has 0 aromatic heterocycles. The van der Waals surface area contributed by atoms with Gasteiger partial charge in [0.25, 0.3) is 0 Å². The Labute approximate surface area is 258 Å². The lowest BCUT2D eigenvalue weighted by molar-refractivity contribution is -0.205. The molecule has 0 aliphatic heterocycles. The molecule has 7 heteroatoms. The fourth-order valence-corrected chi connectivity index (χ4v) is 9.82. The van der Waals surface area contributed by atoms with E-state index in [0.29, 0.717) is 11.5 Å². The topological polar surface area (TPSA) is 126 Å². The number of Topliss-reactive ketones (excluding diaryl/α,β-unsaturated/α-hetero) is 5. The van der Waals surface area contributed by atoms with Crippen LogP contribution in [0.4, 0.5) is 0 Å². The lowest BCUT2D eigenvalue weighted by Crippen LogP contribution is -2.76. The van der Waals surface area contributed by atoms with Gasteiger partial charge in [-0.15, -0.1) is 0 Å². The van der Waals surface area contributed by atoms with Crippen molar-refractivity contribution < 1.29 is 34.2 Å². The molecule has 0 spiro atoms. The van der Waals surface area contributed by atoms with Crippen molar-refractivity contribution >= 4 is 28.9 Å². The second-order valence-electron chi connectivity index (χ2n) is 14.9. The number of phenols is 1. The molecule has 0 radical (unpaired) electrons. The summed E-state index contributed by atoms with van der Waals surface area (Å²) in [4.78, 5) is 69.0. The second-order valence-corrected chi connectivity index (χ2v) is 14.9. The van der Waals surface area contributed by atoms with Gasteiger partial charge in [0.1, 0.15) is 17.5 Å². The van der Waals surface area contributed by atoms with Crippen molar-refractivity contribution in [3.05, 3.63) is 53.1 Å². The molecule has 44 heavy (non-hydrogen) atoms. The highest BCUT2D eigenvalue weighted by Crippen LogP contribution is 2.64. The molecule has 0 saturated heterocycles. The Morgan fingerprint density at radius 1 is 1.00 bits per heavy atom. The van der Waals surface area contributed by atoms with Gasteiger partial charge in [0, 0.05) is 11.3 Å². The largest absolute Gasteiger partial charge is 0.507 e. The zero-order chi connectivity index (χ0) is 31.9. The Hall–Kier alpha value is -3.45. The van der Waals surface area contributed by atoms with Gasteiger partial charge in [0.2, 0.25) is 0 Å². The minimum absolute atomic E-state index is 0.0367. The Kier molecular flexibility index (Phi) is 7.15. The monoisotopic (exact) mass is 598 g/mol. The summed E-state index contributed by atoms with van der Waals surface area (Å²) in [5.74, 6) is -8.12. The van der Waals surface area contributed by atoms with E-state index in [4.69, 9.17) is 0 Å². The second kappa shape index (κ2) is 10.3. The highest BCUT2D eigenvalue weighted by molar-refractivity contribution is 6.32. The molecule has 6 atom stereocenters. The average molecular weight is 599 g/mol. The van der Waals surface area contributed by atoms with Gasteiger partial charge in [-0.1, -0.05) is 83.7 Å². The molecule has 7 nitrogen and oxygen atoms in total. The fraction of sp³-hybridized carbons (Fsp3) is 0.541. The zero-order valence-corrected chi connectivity index (χ0v) is 26.2. The smallest absolute Gasteiger partial charge is 0.190 e. The van der Waals surface area contributed by atoms with Crippen LogP contribution in [0, 0.1) is 40.4 Å². The first-order valence-corrected chi connectivity index (χ1v) is 16.0. The molecule has 2 N–H and O–H groups in total. The van der Waals surface area contributed by atoms with Crippen LogP contribution in [0.25, 0.3) is 11.1 Å². The SMILES string of the molecule is CC(=O)C1C(=O)C(C(C)C)[C@@]2(C)C[C@@]3(C)Cc4c(-c5cccc(CC6CCCC6)c5)ccc(O)c4C(=O)C3C(=O)[C@@]2(O)C1=O. The number of hydrogen-bond donors (Lipinski definition) is 2. The van der Waals surface area contributed by atoms with E-state index >= 15 is 0 Å². The number of ketones is 5. The van der Waals surface area contributed by atoms with Gasteiger partial charge in [-0.3, -0.25) is 24.0 Å². The van der Waals surface area contributed by atoms with Crippen molar-refractivity contribution in [3.63, 3.8) is 0 Å². The number of carbonyl (C=O) groups excluding carboxylic acids is 5. The summed E-state index contributed by atoms with van der Waals surface area (Å²) in [6, 6.07) is 11.5. The molecular weight excluding hydrogens is 556 g/mol. The Morgan fingerprint density at radius 2 is 1.68 bits per heavy atom. The number of phenolic OH excluding ortho intramolecular Hbond substituents is 1. The molecule has 0 amide bonds. The normalized spacial score (nSPS) is 33.8. The minimum atomic E-state index is -2.69. The number of aromatic hydroxyl groups is 1. The van der Waals surface area contributed by atoms with Crippen LogP contribution in [0.5, 0.6) is 5.75 Å². The summed E-state index contributed by atoms with van der Waals surface area (Å²) in [5, 5.41) is 23.2. The van der Waals surface area contributed by atoms with Gasteiger partial charge in [0.05, 0.1) is 11.5 Å². The first-order chi connectivity index (χ1) is 20.7. The van der Waals surface area contributed by atoms with E-state index in [1.54, 1.807) is 20.8 Å². The molecule has 3 saturated carbocycles. The molecule has 4 aliphatic rings. The Bertz CT molecular complexity index is 1610. The molecule has 6 rings (SSSR count). The van der Waals surface area contributed by atoms with E-state index in [1.165, 1.54) is 37.3 Å². The summed E-state index contributed by atoms with van der Waals surface area (Å²) in [6.45, 7) is 8.10. The third-order valence-electron chi connectivity index (χ3n) is 11.5. The summed E-state index contributed by atoms with van der Waals surface area (Å²) < 4.78 is 0.